The third kappa shape index (κ3) is 6.89. The summed E-state index contributed by atoms with van der Waals surface area (Å²) in [6.07, 6.45) is 1.98. The number of carbonyl (C=O) groups is 1. The Hall–Kier alpha value is -2.69. The van der Waals surface area contributed by atoms with Gasteiger partial charge in [-0.25, -0.2) is 8.78 Å². The van der Waals surface area contributed by atoms with Gasteiger partial charge in [0.2, 0.25) is 5.82 Å². The summed E-state index contributed by atoms with van der Waals surface area (Å²) in [5.74, 6) is -2.87. The number of carbonyl (C=O) groups excluding carboxylic acids is 1. The van der Waals surface area contributed by atoms with Crippen molar-refractivity contribution in [3.8, 4) is 5.75 Å². The molecule has 3 N–H and O–H groups in total. The minimum Gasteiger partial charge on any atom is -0.494 e. The van der Waals surface area contributed by atoms with E-state index in [0.29, 0.717) is 12.1 Å². The van der Waals surface area contributed by atoms with E-state index in [9.17, 15) is 18.0 Å². The fourth-order valence-corrected chi connectivity index (χ4v) is 3.05. The quantitative estimate of drug-likeness (QED) is 0.661. The lowest BCUT2D eigenvalue weighted by atomic mass is 9.96. The van der Waals surface area contributed by atoms with E-state index in [-0.39, 0.29) is 23.4 Å². The van der Waals surface area contributed by atoms with E-state index in [0.717, 1.165) is 18.7 Å². The average molecular weight is 470 g/mol. The summed E-state index contributed by atoms with van der Waals surface area (Å²) < 4.78 is 54.1. The number of hydrogen-bond donors (Lipinski definition) is 2. The first kappa shape index (κ1) is 26.6. The number of amides is 1. The van der Waals surface area contributed by atoms with Crippen molar-refractivity contribution in [2.75, 3.05) is 19.5 Å². The molecule has 3 unspecified atom stereocenters. The standard InChI is InChI=1S/C16H24FN3O3.C7H6F2O/c1-9-5-6-13(23-9)15(21)20-11-7-12(19-8-10(11)17)14(18)16(2,3)22-4;1-10-6-4-2-3-5(8)7(6)9/h7-9,13-14H,5-6,18H2,1-4H3,(H,19,20,21);2-4H,1H3. The number of pyridine rings is 1. The van der Waals surface area contributed by atoms with E-state index in [2.05, 4.69) is 15.0 Å². The molecule has 1 aromatic heterocycles. The highest BCUT2D eigenvalue weighted by Gasteiger charge is 2.31. The largest absolute Gasteiger partial charge is 0.494 e. The van der Waals surface area contributed by atoms with Crippen molar-refractivity contribution >= 4 is 11.6 Å². The summed E-state index contributed by atoms with van der Waals surface area (Å²) in [4.78, 5) is 16.2. The lowest BCUT2D eigenvalue weighted by Gasteiger charge is -2.29. The maximum absolute atomic E-state index is 13.9. The highest BCUT2D eigenvalue weighted by atomic mass is 19.2. The first-order valence-corrected chi connectivity index (χ1v) is 10.4. The van der Waals surface area contributed by atoms with Gasteiger partial charge in [0.15, 0.2) is 17.4 Å². The van der Waals surface area contributed by atoms with Crippen molar-refractivity contribution in [2.45, 2.75) is 57.5 Å². The molecule has 182 valence electrons. The van der Waals surface area contributed by atoms with Gasteiger partial charge >= 0.3 is 0 Å². The summed E-state index contributed by atoms with van der Waals surface area (Å²) in [5.41, 5.74) is 5.94. The Morgan fingerprint density at radius 2 is 1.94 bits per heavy atom. The third-order valence-electron chi connectivity index (χ3n) is 5.39. The van der Waals surface area contributed by atoms with E-state index in [1.807, 2.05) is 20.8 Å². The van der Waals surface area contributed by atoms with Gasteiger partial charge in [0.05, 0.1) is 42.4 Å². The molecule has 1 amide bonds. The van der Waals surface area contributed by atoms with Crippen LogP contribution in [0.3, 0.4) is 0 Å². The van der Waals surface area contributed by atoms with Crippen molar-refractivity contribution in [3.05, 3.63) is 53.6 Å². The average Bonchev–Trinajstić information content (AvgIpc) is 3.23. The van der Waals surface area contributed by atoms with Crippen molar-refractivity contribution in [3.63, 3.8) is 0 Å². The van der Waals surface area contributed by atoms with Crippen LogP contribution in [0.15, 0.2) is 30.5 Å². The summed E-state index contributed by atoms with van der Waals surface area (Å²) in [7, 11) is 2.84. The van der Waals surface area contributed by atoms with Gasteiger partial charge in [0.25, 0.3) is 5.91 Å². The van der Waals surface area contributed by atoms with E-state index in [1.54, 1.807) is 7.11 Å². The number of rotatable bonds is 6. The number of aromatic nitrogens is 1. The fraction of sp³-hybridized carbons (Fsp3) is 0.478. The third-order valence-corrected chi connectivity index (χ3v) is 5.39. The number of nitrogens with zero attached hydrogens (tertiary/aromatic N) is 1. The molecule has 1 aromatic carbocycles. The predicted octanol–water partition coefficient (Wildman–Crippen LogP) is 4.12. The van der Waals surface area contributed by atoms with Gasteiger partial charge in [-0.3, -0.25) is 9.78 Å². The molecule has 0 spiro atoms. The van der Waals surface area contributed by atoms with Crippen LogP contribution in [0.25, 0.3) is 0 Å². The number of halogens is 3. The molecule has 33 heavy (non-hydrogen) atoms. The van der Waals surface area contributed by atoms with Gasteiger partial charge in [-0.2, -0.15) is 4.39 Å². The minimum atomic E-state index is -0.940. The fourth-order valence-electron chi connectivity index (χ4n) is 3.05. The molecule has 0 aliphatic carbocycles. The summed E-state index contributed by atoms with van der Waals surface area (Å²) >= 11 is 0. The Balaban J connectivity index is 0.000000321. The van der Waals surface area contributed by atoms with E-state index in [1.165, 1.54) is 25.3 Å². The van der Waals surface area contributed by atoms with E-state index >= 15 is 0 Å². The Morgan fingerprint density at radius 1 is 1.24 bits per heavy atom. The molecule has 1 aliphatic heterocycles. The number of anilines is 1. The Kier molecular flexibility index (Phi) is 9.21. The molecule has 7 nitrogen and oxygen atoms in total. The topological polar surface area (TPSA) is 95.7 Å². The normalized spacial score (nSPS) is 18.8. The number of hydrogen-bond acceptors (Lipinski definition) is 6. The first-order valence-electron chi connectivity index (χ1n) is 10.4. The lowest BCUT2D eigenvalue weighted by Crippen LogP contribution is -2.38. The molecule has 3 rings (SSSR count). The van der Waals surface area contributed by atoms with Gasteiger partial charge in [0, 0.05) is 7.11 Å². The lowest BCUT2D eigenvalue weighted by molar-refractivity contribution is -0.126. The van der Waals surface area contributed by atoms with Crippen molar-refractivity contribution < 1.29 is 32.2 Å². The van der Waals surface area contributed by atoms with E-state index < -0.39 is 35.2 Å². The Bertz CT molecular complexity index is 959. The second-order valence-electron chi connectivity index (χ2n) is 8.13. The zero-order chi connectivity index (χ0) is 24.8. The van der Waals surface area contributed by atoms with Crippen LogP contribution in [0.2, 0.25) is 0 Å². The summed E-state index contributed by atoms with van der Waals surface area (Å²) in [6, 6.07) is 4.66. The molecular weight excluding hydrogens is 439 g/mol. The van der Waals surface area contributed by atoms with Crippen LogP contribution >= 0.6 is 0 Å². The number of ether oxygens (including phenoxy) is 3. The predicted molar refractivity (Wildman–Crippen MR) is 117 cm³/mol. The smallest absolute Gasteiger partial charge is 0.253 e. The SMILES string of the molecule is COC(C)(C)C(N)c1cc(NC(=O)C2CCC(C)O2)c(F)cn1.COc1cccc(F)c1F. The van der Waals surface area contributed by atoms with Crippen LogP contribution in [0, 0.1) is 17.5 Å². The van der Waals surface area contributed by atoms with Crippen LogP contribution in [0.1, 0.15) is 45.3 Å². The van der Waals surface area contributed by atoms with Crippen LogP contribution < -0.4 is 15.8 Å². The Morgan fingerprint density at radius 3 is 2.48 bits per heavy atom. The molecule has 1 saturated heterocycles. The number of nitrogens with one attached hydrogen (secondary N) is 1. The van der Waals surface area contributed by atoms with Gasteiger partial charge in [-0.05, 0) is 51.8 Å². The summed E-state index contributed by atoms with van der Waals surface area (Å²) in [5, 5.41) is 2.56. The maximum Gasteiger partial charge on any atom is 0.253 e. The van der Waals surface area contributed by atoms with Gasteiger partial charge in [-0.15, -0.1) is 0 Å². The van der Waals surface area contributed by atoms with Crippen LogP contribution in [0.5, 0.6) is 5.75 Å². The second kappa shape index (κ2) is 11.4. The zero-order valence-electron chi connectivity index (χ0n) is 19.3. The van der Waals surface area contributed by atoms with E-state index in [4.69, 9.17) is 15.2 Å². The molecule has 0 saturated carbocycles. The number of benzene rings is 1. The molecule has 2 aromatic rings. The van der Waals surface area contributed by atoms with Gasteiger partial charge in [0.1, 0.15) is 6.10 Å². The molecule has 1 fully saturated rings. The number of nitrogens with two attached hydrogens (primary N) is 1. The van der Waals surface area contributed by atoms with Crippen LogP contribution in [-0.2, 0) is 14.3 Å². The van der Waals surface area contributed by atoms with Crippen LogP contribution in [0.4, 0.5) is 18.9 Å². The van der Waals surface area contributed by atoms with Gasteiger partial charge < -0.3 is 25.3 Å². The highest BCUT2D eigenvalue weighted by Crippen LogP contribution is 2.28. The van der Waals surface area contributed by atoms with Crippen molar-refractivity contribution in [1.82, 2.24) is 4.98 Å². The highest BCUT2D eigenvalue weighted by molar-refractivity contribution is 5.94. The first-order chi connectivity index (χ1) is 15.5. The second-order valence-corrected chi connectivity index (χ2v) is 8.13. The molecule has 1 aliphatic rings. The molecule has 0 bridgehead atoms. The van der Waals surface area contributed by atoms with Crippen LogP contribution in [-0.4, -0.2) is 42.9 Å². The van der Waals surface area contributed by atoms with Crippen molar-refractivity contribution in [1.29, 1.82) is 0 Å². The molecule has 10 heteroatoms. The minimum absolute atomic E-state index is 0.0412. The molecule has 0 radical (unpaired) electrons. The summed E-state index contributed by atoms with van der Waals surface area (Å²) in [6.45, 7) is 5.54. The monoisotopic (exact) mass is 469 g/mol. The zero-order valence-corrected chi connectivity index (χ0v) is 19.3. The maximum atomic E-state index is 13.9. The molecule has 3 atom stereocenters. The Labute approximate surface area is 191 Å². The molecular formula is C23H30F3N3O4. The number of methoxy groups -OCH3 is 2. The van der Waals surface area contributed by atoms with Gasteiger partial charge in [-0.1, -0.05) is 6.07 Å². The molecule has 2 heterocycles. The van der Waals surface area contributed by atoms with Crippen molar-refractivity contribution in [2.24, 2.45) is 5.73 Å².